The minimum absolute atomic E-state index is 0.00495. The average molecular weight is 459 g/mol. The van der Waals surface area contributed by atoms with E-state index in [1.54, 1.807) is 18.8 Å². The van der Waals surface area contributed by atoms with E-state index in [-0.39, 0.29) is 18.1 Å². The van der Waals surface area contributed by atoms with Crippen LogP contribution in [0.2, 0.25) is 0 Å². The third kappa shape index (κ3) is 6.67. The zero-order chi connectivity index (χ0) is 24.0. The van der Waals surface area contributed by atoms with E-state index < -0.39 is 18.0 Å². The fourth-order valence-electron chi connectivity index (χ4n) is 4.48. The Bertz CT molecular complexity index is 942. The van der Waals surface area contributed by atoms with Crippen LogP contribution in [-0.4, -0.2) is 60.6 Å². The molecule has 3 atom stereocenters. The van der Waals surface area contributed by atoms with E-state index in [1.165, 1.54) is 0 Å². The van der Waals surface area contributed by atoms with Crippen LogP contribution in [0.15, 0.2) is 42.6 Å². The summed E-state index contributed by atoms with van der Waals surface area (Å²) in [5.74, 6) is -0.00495. The summed E-state index contributed by atoms with van der Waals surface area (Å²) < 4.78 is 17.7. The zero-order valence-corrected chi connectivity index (χ0v) is 20.4. The number of hydrogen-bond acceptors (Lipinski definition) is 6. The number of nitrogens with one attached hydrogen (secondary N) is 1. The van der Waals surface area contributed by atoms with Gasteiger partial charge in [0.05, 0.1) is 11.6 Å². The molecule has 0 radical (unpaired) electrons. The van der Waals surface area contributed by atoms with Gasteiger partial charge in [0.1, 0.15) is 5.60 Å². The van der Waals surface area contributed by atoms with Crippen molar-refractivity contribution in [3.05, 3.63) is 48.2 Å². The lowest BCUT2D eigenvalue weighted by atomic mass is 9.81. The summed E-state index contributed by atoms with van der Waals surface area (Å²) in [4.78, 5) is 12.7. The molecule has 1 aliphatic carbocycles. The van der Waals surface area contributed by atoms with Crippen molar-refractivity contribution >= 4 is 17.0 Å². The first-order valence-corrected chi connectivity index (χ1v) is 11.7. The highest BCUT2D eigenvalue weighted by atomic mass is 16.7. The van der Waals surface area contributed by atoms with Gasteiger partial charge in [-0.2, -0.15) is 0 Å². The van der Waals surface area contributed by atoms with Crippen molar-refractivity contribution in [1.29, 1.82) is 0 Å². The molecule has 0 aliphatic heterocycles. The van der Waals surface area contributed by atoms with Crippen LogP contribution in [0.5, 0.6) is 0 Å². The van der Waals surface area contributed by atoms with Crippen molar-refractivity contribution < 1.29 is 24.1 Å². The molecule has 0 amide bonds. The average Bonchev–Trinajstić information content (AvgIpc) is 3.14. The highest BCUT2D eigenvalue weighted by Crippen LogP contribution is 2.27. The van der Waals surface area contributed by atoms with Crippen LogP contribution < -0.4 is 5.32 Å². The largest absolute Gasteiger partial charge is 0.443 e. The summed E-state index contributed by atoms with van der Waals surface area (Å²) in [7, 11) is 3.19. The number of carbonyl (C=O) groups is 1. The normalized spacial score (nSPS) is 21.8. The van der Waals surface area contributed by atoms with Crippen molar-refractivity contribution in [2.24, 2.45) is 5.92 Å². The van der Waals surface area contributed by atoms with Gasteiger partial charge in [0.25, 0.3) is 0 Å². The molecule has 3 rings (SSSR count). The van der Waals surface area contributed by atoms with Gasteiger partial charge in [-0.15, -0.1) is 0 Å². The zero-order valence-electron chi connectivity index (χ0n) is 20.4. The Balaban J connectivity index is 1.70. The summed E-state index contributed by atoms with van der Waals surface area (Å²) in [6.45, 7) is 6.34. The molecule has 1 saturated carbocycles. The van der Waals surface area contributed by atoms with Gasteiger partial charge in [0.15, 0.2) is 6.29 Å². The second-order valence-corrected chi connectivity index (χ2v) is 9.63. The molecule has 182 valence electrons. The fraction of sp³-hybridized carbons (Fsp3) is 0.577. The topological polar surface area (TPSA) is 82.0 Å². The van der Waals surface area contributed by atoms with Gasteiger partial charge < -0.3 is 24.6 Å². The van der Waals surface area contributed by atoms with Gasteiger partial charge in [-0.25, -0.2) is 4.79 Å². The van der Waals surface area contributed by atoms with Gasteiger partial charge in [0.2, 0.25) is 0 Å². The molecule has 1 aromatic heterocycles. The molecule has 0 bridgehead atoms. The van der Waals surface area contributed by atoms with Crippen molar-refractivity contribution in [1.82, 2.24) is 9.88 Å². The number of methoxy groups -OCH3 is 2. The quantitative estimate of drug-likeness (QED) is 0.454. The van der Waals surface area contributed by atoms with E-state index in [4.69, 9.17) is 14.2 Å². The number of para-hydroxylation sites is 1. The number of nitrogens with zero attached hydrogens (tertiary/aromatic N) is 1. The Hall–Kier alpha value is -2.19. The van der Waals surface area contributed by atoms with Crippen molar-refractivity contribution in [2.75, 3.05) is 20.8 Å². The Morgan fingerprint density at radius 2 is 1.97 bits per heavy atom. The summed E-state index contributed by atoms with van der Waals surface area (Å²) >= 11 is 0. The van der Waals surface area contributed by atoms with Crippen LogP contribution in [0.1, 0.15) is 45.6 Å². The predicted molar refractivity (Wildman–Crippen MR) is 129 cm³/mol. The smallest absolute Gasteiger partial charge is 0.419 e. The van der Waals surface area contributed by atoms with E-state index in [0.29, 0.717) is 0 Å². The molecule has 1 aliphatic rings. The molecule has 7 heteroatoms. The number of ether oxygens (including phenoxy) is 3. The molecular weight excluding hydrogens is 420 g/mol. The number of aromatic nitrogens is 1. The molecule has 2 aromatic rings. The number of rotatable bonds is 8. The standard InChI is InChI=1S/C26H38N2O5/c1-26(2,3)33-25(30)28-17-18(19-9-6-7-11-22(19)28)15-16-27-21-10-8-12-23(29)20(21)13-14-24(31-4)32-5/h6-7,9,11,13-14,17,20-21,23-24,27,29H,8,10,12,15-16H2,1-5H3/b14-13+/t20-,21+,23+/m1/s1. The number of carbonyl (C=O) groups excluding carboxylic acids is 1. The van der Waals surface area contributed by atoms with Crippen molar-refractivity contribution in [2.45, 2.75) is 70.5 Å². The third-order valence-electron chi connectivity index (χ3n) is 6.06. The molecule has 0 unspecified atom stereocenters. The number of hydrogen-bond donors (Lipinski definition) is 2. The highest BCUT2D eigenvalue weighted by molar-refractivity contribution is 5.92. The van der Waals surface area contributed by atoms with Gasteiger partial charge in [-0.05, 0) is 70.7 Å². The Kier molecular flexibility index (Phi) is 8.70. The first kappa shape index (κ1) is 25.4. The molecule has 0 spiro atoms. The lowest BCUT2D eigenvalue weighted by Gasteiger charge is -2.34. The number of fused-ring (bicyclic) bond motifs is 1. The second-order valence-electron chi connectivity index (χ2n) is 9.63. The van der Waals surface area contributed by atoms with Crippen LogP contribution in [-0.2, 0) is 20.6 Å². The van der Waals surface area contributed by atoms with Gasteiger partial charge in [-0.3, -0.25) is 4.57 Å². The Morgan fingerprint density at radius 3 is 2.67 bits per heavy atom. The van der Waals surface area contributed by atoms with Crippen LogP contribution in [0.25, 0.3) is 10.9 Å². The van der Waals surface area contributed by atoms with Crippen LogP contribution >= 0.6 is 0 Å². The summed E-state index contributed by atoms with van der Waals surface area (Å²) in [6, 6.07) is 8.06. The molecule has 33 heavy (non-hydrogen) atoms. The number of aliphatic hydroxyl groups is 1. The molecule has 1 aromatic carbocycles. The molecular formula is C26H38N2O5. The summed E-state index contributed by atoms with van der Waals surface area (Å²) in [5.41, 5.74) is 1.38. The van der Waals surface area contributed by atoms with Crippen molar-refractivity contribution in [3.8, 4) is 0 Å². The SMILES string of the molecule is COC(/C=C/[C@@H]1[C@@H](NCCc2cn(C(=O)OC(C)(C)C)c3ccccc23)CCC[C@@H]1O)OC. The van der Waals surface area contributed by atoms with E-state index >= 15 is 0 Å². The third-order valence-corrected chi connectivity index (χ3v) is 6.06. The summed E-state index contributed by atoms with van der Waals surface area (Å²) in [6.07, 6.45) is 8.11. The maximum atomic E-state index is 12.7. The minimum Gasteiger partial charge on any atom is -0.443 e. The molecule has 1 heterocycles. The van der Waals surface area contributed by atoms with Crippen molar-refractivity contribution in [3.63, 3.8) is 0 Å². The molecule has 1 fully saturated rings. The number of aliphatic hydroxyl groups excluding tert-OH is 1. The first-order valence-electron chi connectivity index (χ1n) is 11.7. The number of benzene rings is 1. The fourth-order valence-corrected chi connectivity index (χ4v) is 4.48. The maximum Gasteiger partial charge on any atom is 0.419 e. The molecule has 7 nitrogen and oxygen atoms in total. The second kappa shape index (κ2) is 11.3. The Labute approximate surface area is 196 Å². The van der Waals surface area contributed by atoms with Gasteiger partial charge in [0, 0.05) is 37.8 Å². The minimum atomic E-state index is -0.556. The van der Waals surface area contributed by atoms with E-state index in [0.717, 1.165) is 48.7 Å². The van der Waals surface area contributed by atoms with E-state index in [9.17, 15) is 9.90 Å². The van der Waals surface area contributed by atoms with Crippen LogP contribution in [0.4, 0.5) is 4.79 Å². The van der Waals surface area contributed by atoms with Crippen LogP contribution in [0, 0.1) is 5.92 Å². The first-order chi connectivity index (χ1) is 15.7. The van der Waals surface area contributed by atoms with E-state index in [2.05, 4.69) is 5.32 Å². The lowest BCUT2D eigenvalue weighted by molar-refractivity contribution is -0.0673. The lowest BCUT2D eigenvalue weighted by Crippen LogP contribution is -2.45. The van der Waals surface area contributed by atoms with Gasteiger partial charge >= 0.3 is 6.09 Å². The summed E-state index contributed by atoms with van der Waals surface area (Å²) in [5, 5.41) is 15.3. The van der Waals surface area contributed by atoms with Gasteiger partial charge in [-0.1, -0.05) is 24.3 Å². The maximum absolute atomic E-state index is 12.7. The highest BCUT2D eigenvalue weighted by Gasteiger charge is 2.30. The van der Waals surface area contributed by atoms with E-state index in [1.807, 2.05) is 63.4 Å². The van der Waals surface area contributed by atoms with Crippen LogP contribution in [0.3, 0.4) is 0 Å². The predicted octanol–water partition coefficient (Wildman–Crippen LogP) is 4.26. The monoisotopic (exact) mass is 458 g/mol. The Morgan fingerprint density at radius 1 is 1.24 bits per heavy atom. The molecule has 0 saturated heterocycles. The molecule has 2 N–H and O–H groups in total.